The molecule has 23 heavy (non-hydrogen) atoms. The number of urea groups is 1. The van der Waals surface area contributed by atoms with Gasteiger partial charge in [-0.2, -0.15) is 11.8 Å². The zero-order chi connectivity index (χ0) is 16.4. The Bertz CT molecular complexity index is 541. The highest BCUT2D eigenvalue weighted by atomic mass is 32.2. The first-order valence-corrected chi connectivity index (χ1v) is 9.61. The summed E-state index contributed by atoms with van der Waals surface area (Å²) in [5.41, 5.74) is 1.85. The quantitative estimate of drug-likeness (QED) is 0.891. The zero-order valence-corrected chi connectivity index (χ0v) is 15.2. The fourth-order valence-corrected chi connectivity index (χ4v) is 5.54. The van der Waals surface area contributed by atoms with Crippen LogP contribution in [-0.4, -0.2) is 39.7 Å². The number of aromatic nitrogens is 1. The molecule has 5 nitrogen and oxygen atoms in total. The van der Waals surface area contributed by atoms with E-state index in [-0.39, 0.29) is 12.1 Å². The minimum Gasteiger partial charge on any atom is -0.361 e. The van der Waals surface area contributed by atoms with Crippen LogP contribution in [0.25, 0.3) is 0 Å². The average Bonchev–Trinajstić information content (AvgIpc) is 2.87. The van der Waals surface area contributed by atoms with Gasteiger partial charge in [-0.15, -0.1) is 0 Å². The van der Waals surface area contributed by atoms with Crippen LogP contribution in [0.1, 0.15) is 62.1 Å². The third-order valence-electron chi connectivity index (χ3n) is 5.16. The van der Waals surface area contributed by atoms with Gasteiger partial charge in [0.25, 0.3) is 0 Å². The molecule has 0 unspecified atom stereocenters. The molecular weight excluding hydrogens is 310 g/mol. The molecular formula is C17H27N3O2S. The predicted octanol–water partition coefficient (Wildman–Crippen LogP) is 3.81. The number of carbonyl (C=O) groups excluding carboxylic acids is 1. The van der Waals surface area contributed by atoms with E-state index in [0.29, 0.717) is 4.75 Å². The van der Waals surface area contributed by atoms with Crippen molar-refractivity contribution in [2.24, 2.45) is 0 Å². The van der Waals surface area contributed by atoms with Crippen molar-refractivity contribution in [2.45, 2.75) is 63.7 Å². The van der Waals surface area contributed by atoms with E-state index in [4.69, 9.17) is 4.52 Å². The lowest BCUT2D eigenvalue weighted by atomic mass is 9.87. The van der Waals surface area contributed by atoms with Crippen LogP contribution in [-0.2, 0) is 0 Å². The summed E-state index contributed by atoms with van der Waals surface area (Å²) in [7, 11) is 0. The first-order valence-electron chi connectivity index (χ1n) is 8.63. The molecule has 0 radical (unpaired) electrons. The molecule has 6 heteroatoms. The number of nitrogens with zero attached hydrogens (tertiary/aromatic N) is 2. The lowest BCUT2D eigenvalue weighted by Crippen LogP contribution is -2.53. The number of thioether (sulfide) groups is 1. The molecule has 2 aliphatic rings. The minimum absolute atomic E-state index is 0.0442. The number of carbonyl (C=O) groups is 1. The molecule has 1 N–H and O–H groups in total. The Kier molecular flexibility index (Phi) is 4.90. The number of hydrogen-bond acceptors (Lipinski definition) is 4. The molecule has 0 bridgehead atoms. The molecule has 2 fully saturated rings. The maximum absolute atomic E-state index is 12.7. The van der Waals surface area contributed by atoms with Crippen molar-refractivity contribution in [3.63, 3.8) is 0 Å². The first-order chi connectivity index (χ1) is 11.0. The van der Waals surface area contributed by atoms with Crippen LogP contribution in [0.2, 0.25) is 0 Å². The highest BCUT2D eigenvalue weighted by Crippen LogP contribution is 2.42. The summed E-state index contributed by atoms with van der Waals surface area (Å²) < 4.78 is 5.52. The Morgan fingerprint density at radius 1 is 1.35 bits per heavy atom. The number of hydrogen-bond donors (Lipinski definition) is 1. The lowest BCUT2D eigenvalue weighted by Gasteiger charge is -2.44. The molecule has 3 rings (SSSR count). The molecule has 1 atom stereocenters. The monoisotopic (exact) mass is 337 g/mol. The van der Waals surface area contributed by atoms with Gasteiger partial charge in [0.2, 0.25) is 0 Å². The van der Waals surface area contributed by atoms with Crippen molar-refractivity contribution < 1.29 is 9.32 Å². The van der Waals surface area contributed by atoms with Gasteiger partial charge in [0.05, 0.1) is 11.7 Å². The molecule has 2 amide bonds. The van der Waals surface area contributed by atoms with Gasteiger partial charge in [-0.1, -0.05) is 24.4 Å². The second-order valence-corrected chi connectivity index (χ2v) is 8.49. The van der Waals surface area contributed by atoms with E-state index in [9.17, 15) is 4.79 Å². The Balaban J connectivity index is 1.63. The predicted molar refractivity (Wildman–Crippen MR) is 92.8 cm³/mol. The first kappa shape index (κ1) is 16.7. The molecule has 1 spiro atoms. The Hall–Kier alpha value is -1.17. The molecule has 1 aromatic rings. The van der Waals surface area contributed by atoms with Crippen LogP contribution < -0.4 is 5.32 Å². The van der Waals surface area contributed by atoms with Crippen molar-refractivity contribution in [3.05, 3.63) is 17.0 Å². The highest BCUT2D eigenvalue weighted by molar-refractivity contribution is 8.00. The smallest absolute Gasteiger partial charge is 0.317 e. The summed E-state index contributed by atoms with van der Waals surface area (Å²) in [6.45, 7) is 7.54. The van der Waals surface area contributed by atoms with E-state index in [1.807, 2.05) is 25.7 Å². The SMILES string of the molecule is Cc1noc(C)c1[C@@H](C)NC(=O)N1CCSC2(CCCCC2)C1. The van der Waals surface area contributed by atoms with E-state index < -0.39 is 0 Å². The van der Waals surface area contributed by atoms with E-state index >= 15 is 0 Å². The molecule has 1 saturated carbocycles. The van der Waals surface area contributed by atoms with Crippen LogP contribution in [0.5, 0.6) is 0 Å². The standard InChI is InChI=1S/C17H27N3O2S/c1-12(15-13(2)19-22-14(15)3)18-16(21)20-9-10-23-17(11-20)7-5-4-6-8-17/h12H,4-11H2,1-3H3,(H,18,21)/t12-/m1/s1. The number of rotatable bonds is 2. The Morgan fingerprint density at radius 2 is 2.09 bits per heavy atom. The lowest BCUT2D eigenvalue weighted by molar-refractivity contribution is 0.182. The van der Waals surface area contributed by atoms with E-state index in [1.165, 1.54) is 32.1 Å². The number of nitrogens with one attached hydrogen (secondary N) is 1. The van der Waals surface area contributed by atoms with Crippen molar-refractivity contribution in [1.82, 2.24) is 15.4 Å². The van der Waals surface area contributed by atoms with Gasteiger partial charge in [-0.3, -0.25) is 0 Å². The van der Waals surface area contributed by atoms with Gasteiger partial charge in [0, 0.05) is 29.2 Å². The number of amides is 2. The van der Waals surface area contributed by atoms with E-state index in [2.05, 4.69) is 22.2 Å². The van der Waals surface area contributed by atoms with E-state index in [1.54, 1.807) is 0 Å². The third kappa shape index (κ3) is 3.52. The van der Waals surface area contributed by atoms with Gasteiger partial charge in [-0.25, -0.2) is 4.79 Å². The molecule has 1 aliphatic carbocycles. The zero-order valence-electron chi connectivity index (χ0n) is 14.4. The molecule has 2 heterocycles. The topological polar surface area (TPSA) is 58.4 Å². The molecule has 0 aromatic carbocycles. The molecule has 1 aromatic heterocycles. The third-order valence-corrected chi connectivity index (χ3v) is 6.70. The summed E-state index contributed by atoms with van der Waals surface area (Å²) >= 11 is 2.08. The minimum atomic E-state index is -0.0781. The van der Waals surface area contributed by atoms with Crippen LogP contribution in [0, 0.1) is 13.8 Å². The maximum Gasteiger partial charge on any atom is 0.317 e. The molecule has 128 valence electrons. The fourth-order valence-electron chi connectivity index (χ4n) is 3.97. The van der Waals surface area contributed by atoms with Crippen molar-refractivity contribution in [3.8, 4) is 0 Å². The summed E-state index contributed by atoms with van der Waals surface area (Å²) in [6, 6.07) is -0.0339. The summed E-state index contributed by atoms with van der Waals surface area (Å²) in [6.07, 6.45) is 6.45. The highest BCUT2D eigenvalue weighted by Gasteiger charge is 2.39. The van der Waals surface area contributed by atoms with Crippen LogP contribution >= 0.6 is 11.8 Å². The van der Waals surface area contributed by atoms with Gasteiger partial charge < -0.3 is 14.7 Å². The van der Waals surface area contributed by atoms with E-state index in [0.717, 1.165) is 35.9 Å². The Labute approximate surface area is 142 Å². The molecule has 1 saturated heterocycles. The Morgan fingerprint density at radius 3 is 2.74 bits per heavy atom. The largest absolute Gasteiger partial charge is 0.361 e. The van der Waals surface area contributed by atoms with Gasteiger partial charge in [-0.05, 0) is 33.6 Å². The van der Waals surface area contributed by atoms with Crippen LogP contribution in [0.3, 0.4) is 0 Å². The average molecular weight is 337 g/mol. The second kappa shape index (κ2) is 6.75. The van der Waals surface area contributed by atoms with Crippen LogP contribution in [0.15, 0.2) is 4.52 Å². The summed E-state index contributed by atoms with van der Waals surface area (Å²) in [4.78, 5) is 14.7. The van der Waals surface area contributed by atoms with Crippen molar-refractivity contribution in [1.29, 1.82) is 0 Å². The molecule has 1 aliphatic heterocycles. The number of aryl methyl sites for hydroxylation is 2. The van der Waals surface area contributed by atoms with Crippen molar-refractivity contribution >= 4 is 17.8 Å². The summed E-state index contributed by atoms with van der Waals surface area (Å²) in [5.74, 6) is 1.83. The van der Waals surface area contributed by atoms with Crippen molar-refractivity contribution in [2.75, 3.05) is 18.8 Å². The fraction of sp³-hybridized carbons (Fsp3) is 0.765. The normalized spacial score (nSPS) is 22.1. The summed E-state index contributed by atoms with van der Waals surface area (Å²) in [5, 5.41) is 7.12. The van der Waals surface area contributed by atoms with Gasteiger partial charge >= 0.3 is 6.03 Å². The van der Waals surface area contributed by atoms with Gasteiger partial charge in [0.1, 0.15) is 5.76 Å². The second-order valence-electron chi connectivity index (χ2n) is 6.92. The van der Waals surface area contributed by atoms with Gasteiger partial charge in [0.15, 0.2) is 0 Å². The maximum atomic E-state index is 12.7. The van der Waals surface area contributed by atoms with Crippen LogP contribution in [0.4, 0.5) is 4.79 Å².